The summed E-state index contributed by atoms with van der Waals surface area (Å²) in [6.07, 6.45) is 9.78. The first kappa shape index (κ1) is 12.5. The molecule has 3 fully saturated rings. The first-order chi connectivity index (χ1) is 8.68. The van der Waals surface area contributed by atoms with Crippen molar-refractivity contribution in [3.63, 3.8) is 0 Å². The highest BCUT2D eigenvalue weighted by atomic mass is 16.4. The third-order valence-corrected chi connectivity index (χ3v) is 5.62. The number of nitrogens with zero attached hydrogens (tertiary/aromatic N) is 1. The van der Waals surface area contributed by atoms with Crippen molar-refractivity contribution in [2.24, 2.45) is 11.8 Å². The normalized spacial score (nSPS) is 45.1. The van der Waals surface area contributed by atoms with E-state index in [2.05, 4.69) is 11.8 Å². The minimum absolute atomic E-state index is 0.191. The smallest absolute Gasteiger partial charge is 0.320 e. The Morgan fingerprint density at radius 1 is 1.06 bits per heavy atom. The fraction of sp³-hybridized carbons (Fsp3) is 0.933. The van der Waals surface area contributed by atoms with Crippen LogP contribution in [0.2, 0.25) is 0 Å². The molecule has 102 valence electrons. The van der Waals surface area contributed by atoms with Crippen molar-refractivity contribution >= 4 is 5.97 Å². The van der Waals surface area contributed by atoms with Crippen molar-refractivity contribution in [3.8, 4) is 0 Å². The molecule has 0 aromatic carbocycles. The minimum atomic E-state index is -0.580. The molecule has 0 aromatic heterocycles. The Morgan fingerprint density at radius 2 is 1.78 bits per heavy atom. The summed E-state index contributed by atoms with van der Waals surface area (Å²) in [5.41, 5.74) is 0. The SMILES string of the molecule is CC1CCCC1N1C(C(=O)O)CC2CCCCC21. The van der Waals surface area contributed by atoms with Gasteiger partial charge in [-0.1, -0.05) is 26.2 Å². The maximum atomic E-state index is 11.6. The fourth-order valence-electron chi connectivity index (χ4n) is 4.77. The predicted octanol–water partition coefficient (Wildman–Crippen LogP) is 2.89. The maximum Gasteiger partial charge on any atom is 0.320 e. The second kappa shape index (κ2) is 4.84. The molecule has 0 bridgehead atoms. The molecule has 3 nitrogen and oxygen atoms in total. The predicted molar refractivity (Wildman–Crippen MR) is 70.4 cm³/mol. The summed E-state index contributed by atoms with van der Waals surface area (Å²) in [7, 11) is 0. The summed E-state index contributed by atoms with van der Waals surface area (Å²) in [6, 6.07) is 0.924. The number of aliphatic carboxylic acids is 1. The molecule has 3 heteroatoms. The molecule has 1 aliphatic heterocycles. The van der Waals surface area contributed by atoms with E-state index in [4.69, 9.17) is 0 Å². The number of hydrogen-bond acceptors (Lipinski definition) is 2. The number of fused-ring (bicyclic) bond motifs is 1. The first-order valence-electron chi connectivity index (χ1n) is 7.68. The van der Waals surface area contributed by atoms with Gasteiger partial charge in [0, 0.05) is 12.1 Å². The fourth-order valence-corrected chi connectivity index (χ4v) is 4.77. The van der Waals surface area contributed by atoms with Gasteiger partial charge in [0.1, 0.15) is 6.04 Å². The van der Waals surface area contributed by atoms with E-state index < -0.39 is 5.97 Å². The van der Waals surface area contributed by atoms with Crippen LogP contribution in [0.3, 0.4) is 0 Å². The Morgan fingerprint density at radius 3 is 2.44 bits per heavy atom. The lowest BCUT2D eigenvalue weighted by Crippen LogP contribution is -2.49. The van der Waals surface area contributed by atoms with Crippen molar-refractivity contribution in [1.29, 1.82) is 0 Å². The van der Waals surface area contributed by atoms with E-state index in [1.807, 2.05) is 0 Å². The van der Waals surface area contributed by atoms with Gasteiger partial charge in [0.05, 0.1) is 0 Å². The summed E-state index contributed by atoms with van der Waals surface area (Å²) >= 11 is 0. The Balaban J connectivity index is 1.84. The van der Waals surface area contributed by atoms with E-state index in [0.717, 1.165) is 6.42 Å². The maximum absolute atomic E-state index is 11.6. The van der Waals surface area contributed by atoms with E-state index in [9.17, 15) is 9.90 Å². The molecule has 2 saturated carbocycles. The van der Waals surface area contributed by atoms with Crippen LogP contribution in [0.25, 0.3) is 0 Å². The second-order valence-electron chi connectivity index (χ2n) is 6.62. The van der Waals surface area contributed by atoms with E-state index in [0.29, 0.717) is 23.9 Å². The molecule has 5 atom stereocenters. The van der Waals surface area contributed by atoms with E-state index >= 15 is 0 Å². The van der Waals surface area contributed by atoms with Gasteiger partial charge in [0.15, 0.2) is 0 Å². The number of carboxylic acids is 1. The Labute approximate surface area is 110 Å². The molecule has 3 rings (SSSR count). The van der Waals surface area contributed by atoms with Crippen LogP contribution in [-0.2, 0) is 4.79 Å². The monoisotopic (exact) mass is 251 g/mol. The van der Waals surface area contributed by atoms with Gasteiger partial charge in [0.25, 0.3) is 0 Å². The third-order valence-electron chi connectivity index (χ3n) is 5.62. The molecule has 0 radical (unpaired) electrons. The van der Waals surface area contributed by atoms with Gasteiger partial charge in [-0.25, -0.2) is 0 Å². The van der Waals surface area contributed by atoms with Crippen molar-refractivity contribution in [1.82, 2.24) is 4.90 Å². The first-order valence-corrected chi connectivity index (χ1v) is 7.68. The van der Waals surface area contributed by atoms with E-state index in [1.54, 1.807) is 0 Å². The lowest BCUT2D eigenvalue weighted by atomic mass is 9.84. The lowest BCUT2D eigenvalue weighted by molar-refractivity contribution is -0.144. The van der Waals surface area contributed by atoms with Crippen LogP contribution in [0.1, 0.15) is 58.3 Å². The number of likely N-dealkylation sites (tertiary alicyclic amines) is 1. The minimum Gasteiger partial charge on any atom is -0.480 e. The van der Waals surface area contributed by atoms with Gasteiger partial charge in [0.2, 0.25) is 0 Å². The number of carboxylic acid groups (broad SMARTS) is 1. The zero-order valence-electron chi connectivity index (χ0n) is 11.3. The molecular formula is C15H25NO2. The molecule has 18 heavy (non-hydrogen) atoms. The van der Waals surface area contributed by atoms with Gasteiger partial charge >= 0.3 is 5.97 Å². The van der Waals surface area contributed by atoms with Gasteiger partial charge < -0.3 is 5.11 Å². The van der Waals surface area contributed by atoms with Gasteiger partial charge in [-0.3, -0.25) is 9.69 Å². The van der Waals surface area contributed by atoms with Crippen LogP contribution in [0.15, 0.2) is 0 Å². The summed E-state index contributed by atoms with van der Waals surface area (Å²) in [6.45, 7) is 2.31. The zero-order chi connectivity index (χ0) is 12.7. The zero-order valence-corrected chi connectivity index (χ0v) is 11.3. The third kappa shape index (κ3) is 1.97. The molecule has 0 amide bonds. The lowest BCUT2D eigenvalue weighted by Gasteiger charge is -2.39. The summed E-state index contributed by atoms with van der Waals surface area (Å²) < 4.78 is 0. The summed E-state index contributed by atoms with van der Waals surface area (Å²) in [5.74, 6) is 0.767. The topological polar surface area (TPSA) is 40.5 Å². The molecule has 3 aliphatic rings. The molecule has 1 heterocycles. The van der Waals surface area contributed by atoms with Gasteiger partial charge in [-0.15, -0.1) is 0 Å². The average Bonchev–Trinajstić information content (AvgIpc) is 2.92. The van der Waals surface area contributed by atoms with Gasteiger partial charge in [-0.05, 0) is 43.9 Å². The molecule has 0 spiro atoms. The van der Waals surface area contributed by atoms with Crippen molar-refractivity contribution < 1.29 is 9.90 Å². The molecule has 2 aliphatic carbocycles. The second-order valence-corrected chi connectivity index (χ2v) is 6.62. The summed E-state index contributed by atoms with van der Waals surface area (Å²) in [5, 5.41) is 9.54. The number of hydrogen-bond donors (Lipinski definition) is 1. The Bertz CT molecular complexity index is 330. The number of carbonyl (C=O) groups is 1. The highest BCUT2D eigenvalue weighted by Gasteiger charge is 2.49. The molecule has 0 aromatic rings. The highest BCUT2D eigenvalue weighted by molar-refractivity contribution is 5.74. The number of rotatable bonds is 2. The molecule has 1 saturated heterocycles. The summed E-state index contributed by atoms with van der Waals surface area (Å²) in [4.78, 5) is 14.0. The van der Waals surface area contributed by atoms with Crippen LogP contribution in [0.5, 0.6) is 0 Å². The Kier molecular flexibility index (Phi) is 3.35. The largest absolute Gasteiger partial charge is 0.480 e. The molecule has 1 N–H and O–H groups in total. The molecular weight excluding hydrogens is 226 g/mol. The van der Waals surface area contributed by atoms with Crippen LogP contribution in [-0.4, -0.2) is 34.1 Å². The van der Waals surface area contributed by atoms with Crippen LogP contribution < -0.4 is 0 Å². The van der Waals surface area contributed by atoms with E-state index in [-0.39, 0.29) is 6.04 Å². The van der Waals surface area contributed by atoms with Crippen molar-refractivity contribution in [2.75, 3.05) is 0 Å². The van der Waals surface area contributed by atoms with Crippen LogP contribution >= 0.6 is 0 Å². The van der Waals surface area contributed by atoms with Crippen LogP contribution in [0, 0.1) is 11.8 Å². The Hall–Kier alpha value is -0.570. The highest BCUT2D eigenvalue weighted by Crippen LogP contribution is 2.44. The van der Waals surface area contributed by atoms with Crippen LogP contribution in [0.4, 0.5) is 0 Å². The molecule has 5 unspecified atom stereocenters. The standard InChI is InChI=1S/C15H25NO2/c1-10-5-4-8-12(10)16-13-7-3-2-6-11(13)9-14(16)15(17)18/h10-14H,2-9H2,1H3,(H,17,18). The van der Waals surface area contributed by atoms with Crippen molar-refractivity contribution in [3.05, 3.63) is 0 Å². The van der Waals surface area contributed by atoms with Gasteiger partial charge in [-0.2, -0.15) is 0 Å². The van der Waals surface area contributed by atoms with Crippen molar-refractivity contribution in [2.45, 2.75) is 76.4 Å². The van der Waals surface area contributed by atoms with E-state index in [1.165, 1.54) is 44.9 Å². The average molecular weight is 251 g/mol. The quantitative estimate of drug-likeness (QED) is 0.820.